The first-order valence-electron chi connectivity index (χ1n) is 4.51. The van der Waals surface area contributed by atoms with Crippen LogP contribution in [0.25, 0.3) is 6.08 Å². The van der Waals surface area contributed by atoms with Crippen LogP contribution in [-0.2, 0) is 0 Å². The minimum Gasteiger partial charge on any atom is -0.192 e. The molecular weight excluding hydrogens is 194 g/mol. The SMILES string of the molecule is Cc1ccc(C=CCCCl)c(C#N)c1. The van der Waals surface area contributed by atoms with Gasteiger partial charge >= 0.3 is 0 Å². The van der Waals surface area contributed by atoms with Gasteiger partial charge in [0.2, 0.25) is 0 Å². The minimum absolute atomic E-state index is 0.615. The summed E-state index contributed by atoms with van der Waals surface area (Å²) in [5, 5.41) is 8.89. The summed E-state index contributed by atoms with van der Waals surface area (Å²) in [6.45, 7) is 1.98. The highest BCUT2D eigenvalue weighted by Gasteiger charge is 1.97. The van der Waals surface area contributed by atoms with Gasteiger partial charge in [-0.15, -0.1) is 11.6 Å². The smallest absolute Gasteiger partial charge is 0.0998 e. The Kier molecular flexibility index (Phi) is 4.22. The molecule has 2 heteroatoms. The van der Waals surface area contributed by atoms with Gasteiger partial charge in [0.15, 0.2) is 0 Å². The van der Waals surface area contributed by atoms with E-state index in [9.17, 15) is 0 Å². The fraction of sp³-hybridized carbons (Fsp3) is 0.250. The average molecular weight is 206 g/mol. The molecule has 0 spiro atoms. The van der Waals surface area contributed by atoms with Gasteiger partial charge in [-0.3, -0.25) is 0 Å². The monoisotopic (exact) mass is 205 g/mol. The first kappa shape index (κ1) is 10.8. The van der Waals surface area contributed by atoms with E-state index in [0.717, 1.165) is 23.1 Å². The molecule has 0 N–H and O–H groups in total. The number of allylic oxidation sites excluding steroid dienone is 1. The van der Waals surface area contributed by atoms with Crippen LogP contribution >= 0.6 is 11.6 Å². The Morgan fingerprint density at radius 1 is 1.50 bits per heavy atom. The molecular formula is C12H12ClN. The topological polar surface area (TPSA) is 23.8 Å². The number of rotatable bonds is 3. The summed E-state index contributed by atoms with van der Waals surface area (Å²) in [5.74, 6) is 0.615. The van der Waals surface area contributed by atoms with Crippen LogP contribution < -0.4 is 0 Å². The molecule has 1 rings (SSSR count). The van der Waals surface area contributed by atoms with Crippen molar-refractivity contribution in [2.24, 2.45) is 0 Å². The number of hydrogen-bond acceptors (Lipinski definition) is 1. The zero-order valence-electron chi connectivity index (χ0n) is 8.13. The predicted octanol–water partition coefficient (Wildman–Crippen LogP) is 3.51. The van der Waals surface area contributed by atoms with Crippen LogP contribution in [0.15, 0.2) is 24.3 Å². The first-order chi connectivity index (χ1) is 6.77. The summed E-state index contributed by atoms with van der Waals surface area (Å²) in [5.41, 5.74) is 2.79. The zero-order chi connectivity index (χ0) is 10.4. The molecule has 0 aliphatic carbocycles. The molecule has 0 saturated heterocycles. The molecule has 1 aromatic rings. The lowest BCUT2D eigenvalue weighted by atomic mass is 10.0. The van der Waals surface area contributed by atoms with Crippen molar-refractivity contribution in [3.05, 3.63) is 41.0 Å². The largest absolute Gasteiger partial charge is 0.192 e. The van der Waals surface area contributed by atoms with E-state index >= 15 is 0 Å². The van der Waals surface area contributed by atoms with Crippen molar-refractivity contribution in [1.82, 2.24) is 0 Å². The van der Waals surface area contributed by atoms with Gasteiger partial charge in [0.25, 0.3) is 0 Å². The van der Waals surface area contributed by atoms with Gasteiger partial charge in [-0.2, -0.15) is 5.26 Å². The first-order valence-corrected chi connectivity index (χ1v) is 5.04. The van der Waals surface area contributed by atoms with Crippen molar-refractivity contribution >= 4 is 17.7 Å². The molecule has 1 aromatic carbocycles. The van der Waals surface area contributed by atoms with Crippen LogP contribution in [0.4, 0.5) is 0 Å². The summed E-state index contributed by atoms with van der Waals surface area (Å²) in [4.78, 5) is 0. The normalized spacial score (nSPS) is 10.4. The maximum atomic E-state index is 8.89. The molecule has 0 heterocycles. The van der Waals surface area contributed by atoms with E-state index in [1.165, 1.54) is 0 Å². The van der Waals surface area contributed by atoms with Crippen molar-refractivity contribution < 1.29 is 0 Å². The molecule has 0 unspecified atom stereocenters. The van der Waals surface area contributed by atoms with Crippen LogP contribution in [-0.4, -0.2) is 5.88 Å². The van der Waals surface area contributed by atoms with E-state index in [-0.39, 0.29) is 0 Å². The second-order valence-electron chi connectivity index (χ2n) is 3.08. The van der Waals surface area contributed by atoms with Gasteiger partial charge in [0.05, 0.1) is 11.6 Å². The second-order valence-corrected chi connectivity index (χ2v) is 3.46. The number of benzene rings is 1. The van der Waals surface area contributed by atoms with E-state index in [1.54, 1.807) is 0 Å². The van der Waals surface area contributed by atoms with E-state index in [1.807, 2.05) is 37.3 Å². The summed E-state index contributed by atoms with van der Waals surface area (Å²) in [6.07, 6.45) is 4.76. The van der Waals surface area contributed by atoms with Crippen molar-refractivity contribution in [2.45, 2.75) is 13.3 Å². The standard InChI is InChI=1S/C12H12ClN/c1-10-5-6-11(4-2-3-7-13)12(8-10)9-14/h2,4-6,8H,3,7H2,1H3. The van der Waals surface area contributed by atoms with Crippen LogP contribution in [0.2, 0.25) is 0 Å². The number of nitrogens with zero attached hydrogens (tertiary/aromatic N) is 1. The fourth-order valence-electron chi connectivity index (χ4n) is 1.19. The lowest BCUT2D eigenvalue weighted by molar-refractivity contribution is 1.24. The Morgan fingerprint density at radius 2 is 2.29 bits per heavy atom. The highest BCUT2D eigenvalue weighted by molar-refractivity contribution is 6.17. The molecule has 0 aliphatic rings. The number of aryl methyl sites for hydroxylation is 1. The average Bonchev–Trinajstić information content (AvgIpc) is 2.20. The maximum absolute atomic E-state index is 8.89. The van der Waals surface area contributed by atoms with Gasteiger partial charge in [-0.1, -0.05) is 24.3 Å². The molecule has 14 heavy (non-hydrogen) atoms. The Hall–Kier alpha value is -1.26. The third-order valence-corrected chi connectivity index (χ3v) is 2.12. The molecule has 0 aromatic heterocycles. The number of alkyl halides is 1. The van der Waals surface area contributed by atoms with Crippen molar-refractivity contribution in [3.63, 3.8) is 0 Å². The van der Waals surface area contributed by atoms with Crippen LogP contribution in [0.5, 0.6) is 0 Å². The predicted molar refractivity (Wildman–Crippen MR) is 60.3 cm³/mol. The van der Waals surface area contributed by atoms with Crippen LogP contribution in [0.3, 0.4) is 0 Å². The summed E-state index contributed by atoms with van der Waals surface area (Å²) in [6, 6.07) is 8.03. The Morgan fingerprint density at radius 3 is 2.93 bits per heavy atom. The molecule has 0 saturated carbocycles. The quantitative estimate of drug-likeness (QED) is 0.693. The fourth-order valence-corrected chi connectivity index (χ4v) is 1.31. The van der Waals surface area contributed by atoms with Gasteiger partial charge < -0.3 is 0 Å². The Bertz CT molecular complexity index is 374. The van der Waals surface area contributed by atoms with E-state index < -0.39 is 0 Å². The van der Waals surface area contributed by atoms with Crippen molar-refractivity contribution in [3.8, 4) is 6.07 Å². The van der Waals surface area contributed by atoms with Crippen LogP contribution in [0.1, 0.15) is 23.1 Å². The summed E-state index contributed by atoms with van der Waals surface area (Å²) in [7, 11) is 0. The van der Waals surface area contributed by atoms with E-state index in [4.69, 9.17) is 16.9 Å². The lowest BCUT2D eigenvalue weighted by Gasteiger charge is -1.98. The van der Waals surface area contributed by atoms with Gasteiger partial charge in [-0.05, 0) is 30.5 Å². The number of nitriles is 1. The van der Waals surface area contributed by atoms with Gasteiger partial charge in [0, 0.05) is 5.88 Å². The third kappa shape index (κ3) is 2.90. The molecule has 1 nitrogen and oxygen atoms in total. The van der Waals surface area contributed by atoms with Crippen molar-refractivity contribution in [2.75, 3.05) is 5.88 Å². The Balaban J connectivity index is 2.92. The number of hydrogen-bond donors (Lipinski definition) is 0. The van der Waals surface area contributed by atoms with Crippen LogP contribution in [0, 0.1) is 18.3 Å². The molecule has 0 bridgehead atoms. The molecule has 0 amide bonds. The van der Waals surface area contributed by atoms with Crippen molar-refractivity contribution in [1.29, 1.82) is 5.26 Å². The Labute approximate surface area is 89.6 Å². The van der Waals surface area contributed by atoms with Gasteiger partial charge in [-0.25, -0.2) is 0 Å². The number of halogens is 1. The van der Waals surface area contributed by atoms with E-state index in [2.05, 4.69) is 6.07 Å². The molecule has 72 valence electrons. The summed E-state index contributed by atoms with van der Waals surface area (Å²) < 4.78 is 0. The lowest BCUT2D eigenvalue weighted by Crippen LogP contribution is -1.83. The molecule has 0 radical (unpaired) electrons. The zero-order valence-corrected chi connectivity index (χ0v) is 8.88. The highest BCUT2D eigenvalue weighted by atomic mass is 35.5. The minimum atomic E-state index is 0.615. The second kappa shape index (κ2) is 5.47. The molecule has 0 aliphatic heterocycles. The van der Waals surface area contributed by atoms with Gasteiger partial charge in [0.1, 0.15) is 0 Å². The highest BCUT2D eigenvalue weighted by Crippen LogP contribution is 2.12. The van der Waals surface area contributed by atoms with E-state index in [0.29, 0.717) is 5.88 Å². The molecule has 0 atom stereocenters. The molecule has 0 fully saturated rings. The third-order valence-electron chi connectivity index (χ3n) is 1.90. The summed E-state index contributed by atoms with van der Waals surface area (Å²) >= 11 is 5.55. The maximum Gasteiger partial charge on any atom is 0.0998 e.